The van der Waals surface area contributed by atoms with Crippen molar-refractivity contribution >= 4 is 0 Å². The predicted molar refractivity (Wildman–Crippen MR) is 75.5 cm³/mol. The highest BCUT2D eigenvalue weighted by atomic mass is 16.5. The molecule has 0 aromatic heterocycles. The highest BCUT2D eigenvalue weighted by Crippen LogP contribution is 2.19. The maximum absolute atomic E-state index is 9.03. The predicted octanol–water partition coefficient (Wildman–Crippen LogP) is -2.91. The van der Waals surface area contributed by atoms with E-state index in [2.05, 4.69) is 6.58 Å². The minimum absolute atomic E-state index is 0.0833. The SMILES string of the molecule is C=CCO.OCC(CO)(CO)COCC(CO)(CO)CO. The van der Waals surface area contributed by atoms with Crippen molar-refractivity contribution < 1.29 is 40.5 Å². The van der Waals surface area contributed by atoms with E-state index in [4.69, 9.17) is 40.5 Å². The lowest BCUT2D eigenvalue weighted by Gasteiger charge is -2.31. The number of hydrogen-bond acceptors (Lipinski definition) is 8. The van der Waals surface area contributed by atoms with Gasteiger partial charge in [0.15, 0.2) is 0 Å². The third-order valence-corrected chi connectivity index (χ3v) is 2.96. The summed E-state index contributed by atoms with van der Waals surface area (Å²) < 4.78 is 5.15. The highest BCUT2D eigenvalue weighted by Gasteiger charge is 2.32. The van der Waals surface area contributed by atoms with Crippen LogP contribution in [0.15, 0.2) is 12.7 Å². The Kier molecular flexibility index (Phi) is 14.2. The third-order valence-electron chi connectivity index (χ3n) is 2.96. The van der Waals surface area contributed by atoms with Crippen LogP contribution in [0, 0.1) is 10.8 Å². The van der Waals surface area contributed by atoms with E-state index >= 15 is 0 Å². The Bertz CT molecular complexity index is 202. The summed E-state index contributed by atoms with van der Waals surface area (Å²) in [6.07, 6.45) is 1.43. The quantitative estimate of drug-likeness (QED) is 0.201. The smallest absolute Gasteiger partial charge is 0.0629 e. The van der Waals surface area contributed by atoms with Gasteiger partial charge in [0.1, 0.15) is 0 Å². The average molecular weight is 312 g/mol. The van der Waals surface area contributed by atoms with Gasteiger partial charge in [-0.1, -0.05) is 6.08 Å². The van der Waals surface area contributed by atoms with E-state index in [9.17, 15) is 0 Å². The fourth-order valence-electron chi connectivity index (χ4n) is 1.06. The van der Waals surface area contributed by atoms with Gasteiger partial charge in [-0.25, -0.2) is 0 Å². The van der Waals surface area contributed by atoms with Crippen LogP contribution in [-0.4, -0.2) is 95.2 Å². The molecule has 7 N–H and O–H groups in total. The van der Waals surface area contributed by atoms with Gasteiger partial charge in [0.2, 0.25) is 0 Å². The average Bonchev–Trinajstić information content (AvgIpc) is 2.56. The van der Waals surface area contributed by atoms with Gasteiger partial charge in [0, 0.05) is 0 Å². The zero-order chi connectivity index (χ0) is 16.8. The molecule has 0 aromatic carbocycles. The molecule has 0 unspecified atom stereocenters. The number of rotatable bonds is 11. The van der Waals surface area contributed by atoms with E-state index in [0.717, 1.165) is 0 Å². The molecule has 0 fully saturated rings. The van der Waals surface area contributed by atoms with Gasteiger partial charge in [0.25, 0.3) is 0 Å². The molecule has 0 spiro atoms. The molecular formula is C13H28O8. The second kappa shape index (κ2) is 13.1. The first kappa shape index (κ1) is 22.7. The molecule has 8 heteroatoms. The lowest BCUT2D eigenvalue weighted by Crippen LogP contribution is -2.43. The van der Waals surface area contributed by atoms with Crippen LogP contribution < -0.4 is 0 Å². The molecule has 0 rings (SSSR count). The van der Waals surface area contributed by atoms with Crippen LogP contribution in [0.5, 0.6) is 0 Å². The summed E-state index contributed by atoms with van der Waals surface area (Å²) in [5, 5.41) is 61.9. The molecule has 0 radical (unpaired) electrons. The van der Waals surface area contributed by atoms with Gasteiger partial charge in [-0.2, -0.15) is 0 Å². The van der Waals surface area contributed by atoms with Gasteiger partial charge in [-0.15, -0.1) is 6.58 Å². The van der Waals surface area contributed by atoms with Crippen molar-refractivity contribution in [3.63, 3.8) is 0 Å². The van der Waals surface area contributed by atoms with Crippen molar-refractivity contribution in [3.05, 3.63) is 12.7 Å². The molecule has 8 nitrogen and oxygen atoms in total. The maximum Gasteiger partial charge on any atom is 0.0629 e. The molecule has 128 valence electrons. The Hall–Kier alpha value is -0.580. The van der Waals surface area contributed by atoms with Gasteiger partial charge in [-0.3, -0.25) is 0 Å². The zero-order valence-electron chi connectivity index (χ0n) is 12.2. The van der Waals surface area contributed by atoms with Crippen molar-refractivity contribution in [2.75, 3.05) is 59.5 Å². The number of hydrogen-bond donors (Lipinski definition) is 7. The van der Waals surface area contributed by atoms with E-state index in [1.165, 1.54) is 6.08 Å². The lowest BCUT2D eigenvalue weighted by molar-refractivity contribution is -0.103. The minimum Gasteiger partial charge on any atom is -0.396 e. The lowest BCUT2D eigenvalue weighted by atomic mass is 9.91. The Balaban J connectivity index is 0. The molecular weight excluding hydrogens is 284 g/mol. The van der Waals surface area contributed by atoms with E-state index in [0.29, 0.717) is 0 Å². The second-order valence-electron chi connectivity index (χ2n) is 4.91. The first-order chi connectivity index (χ1) is 9.99. The van der Waals surface area contributed by atoms with E-state index in [1.807, 2.05) is 0 Å². The van der Waals surface area contributed by atoms with Crippen LogP contribution in [0.4, 0.5) is 0 Å². The Labute approximate surface area is 124 Å². The molecule has 0 bridgehead atoms. The molecule has 0 saturated carbocycles. The number of aliphatic hydroxyl groups excluding tert-OH is 7. The van der Waals surface area contributed by atoms with Crippen molar-refractivity contribution in [2.45, 2.75) is 0 Å². The zero-order valence-corrected chi connectivity index (χ0v) is 12.2. The highest BCUT2D eigenvalue weighted by molar-refractivity contribution is 4.80. The summed E-state index contributed by atoms with van der Waals surface area (Å²) in [7, 11) is 0. The van der Waals surface area contributed by atoms with Crippen molar-refractivity contribution in [1.82, 2.24) is 0 Å². The fourth-order valence-corrected chi connectivity index (χ4v) is 1.06. The van der Waals surface area contributed by atoms with Crippen LogP contribution in [0.25, 0.3) is 0 Å². The van der Waals surface area contributed by atoms with Crippen LogP contribution >= 0.6 is 0 Å². The number of aliphatic hydroxyl groups is 7. The summed E-state index contributed by atoms with van der Waals surface area (Å²) in [5.74, 6) is 0. The Morgan fingerprint density at radius 3 is 1.05 bits per heavy atom. The first-order valence-electron chi connectivity index (χ1n) is 6.44. The van der Waals surface area contributed by atoms with E-state index < -0.39 is 50.5 Å². The summed E-state index contributed by atoms with van der Waals surface area (Å²) in [4.78, 5) is 0. The molecule has 0 aliphatic carbocycles. The first-order valence-corrected chi connectivity index (χ1v) is 6.44. The van der Waals surface area contributed by atoms with Crippen molar-refractivity contribution in [3.8, 4) is 0 Å². The largest absolute Gasteiger partial charge is 0.396 e. The molecule has 0 atom stereocenters. The van der Waals surface area contributed by atoms with Gasteiger partial charge in [-0.05, 0) is 0 Å². The maximum atomic E-state index is 9.03. The molecule has 0 amide bonds. The molecule has 21 heavy (non-hydrogen) atoms. The van der Waals surface area contributed by atoms with Crippen molar-refractivity contribution in [2.24, 2.45) is 10.8 Å². The van der Waals surface area contributed by atoms with Crippen LogP contribution in [0.2, 0.25) is 0 Å². The monoisotopic (exact) mass is 312 g/mol. The molecule has 0 aliphatic rings. The van der Waals surface area contributed by atoms with E-state index in [1.54, 1.807) is 0 Å². The minimum atomic E-state index is -1.16. The Morgan fingerprint density at radius 2 is 0.905 bits per heavy atom. The molecule has 0 saturated heterocycles. The van der Waals surface area contributed by atoms with Gasteiger partial charge >= 0.3 is 0 Å². The Morgan fingerprint density at radius 1 is 0.667 bits per heavy atom. The van der Waals surface area contributed by atoms with Gasteiger partial charge < -0.3 is 40.5 Å². The third kappa shape index (κ3) is 8.44. The van der Waals surface area contributed by atoms with Crippen LogP contribution in [-0.2, 0) is 4.74 Å². The standard InChI is InChI=1S/C10H22O7.C3H6O/c11-1-9(2-12,3-13)7-17-8-10(4-14,5-15)6-16;1-2-3-4/h11-16H,1-8H2;2,4H,1,3H2. The van der Waals surface area contributed by atoms with Crippen LogP contribution in [0.1, 0.15) is 0 Å². The summed E-state index contributed by atoms with van der Waals surface area (Å²) in [5.41, 5.74) is -2.32. The fraction of sp³-hybridized carbons (Fsp3) is 0.846. The molecule has 0 aromatic rings. The number of ether oxygens (including phenoxy) is 1. The van der Waals surface area contributed by atoms with Gasteiger partial charge in [0.05, 0.1) is 70.3 Å². The molecule has 0 aliphatic heterocycles. The topological polar surface area (TPSA) is 151 Å². The van der Waals surface area contributed by atoms with E-state index in [-0.39, 0.29) is 19.8 Å². The normalized spacial score (nSPS) is 11.8. The second-order valence-corrected chi connectivity index (χ2v) is 4.91. The molecule has 0 heterocycles. The summed E-state index contributed by atoms with van der Waals surface area (Å²) >= 11 is 0. The van der Waals surface area contributed by atoms with Crippen LogP contribution in [0.3, 0.4) is 0 Å². The summed E-state index contributed by atoms with van der Waals surface area (Å²) in [6.45, 7) is 0.307. The summed E-state index contributed by atoms with van der Waals surface area (Å²) in [6, 6.07) is 0. The van der Waals surface area contributed by atoms with Crippen molar-refractivity contribution in [1.29, 1.82) is 0 Å².